The first-order valence-corrected chi connectivity index (χ1v) is 12.2. The lowest BCUT2D eigenvalue weighted by atomic mass is 9.89. The van der Waals surface area contributed by atoms with Crippen LogP contribution in [0.1, 0.15) is 51.9 Å². The van der Waals surface area contributed by atoms with Gasteiger partial charge in [-0.15, -0.1) is 0 Å². The number of rotatable bonds is 9. The normalized spacial score (nSPS) is 19.5. The number of methoxy groups -OCH3 is 1. The summed E-state index contributed by atoms with van der Waals surface area (Å²) in [5, 5.41) is 3.37. The molecule has 0 radical (unpaired) electrons. The Bertz CT molecular complexity index is 922. The molecule has 0 spiro atoms. The number of nitrogens with two attached hydrogens (primary N) is 1. The van der Waals surface area contributed by atoms with E-state index in [4.69, 9.17) is 15.5 Å². The van der Waals surface area contributed by atoms with Gasteiger partial charge in [0.1, 0.15) is 0 Å². The van der Waals surface area contributed by atoms with Gasteiger partial charge in [-0.2, -0.15) is 15.0 Å². The van der Waals surface area contributed by atoms with Gasteiger partial charge in [-0.25, -0.2) is 4.39 Å². The van der Waals surface area contributed by atoms with E-state index in [-0.39, 0.29) is 11.7 Å². The molecule has 9 heteroatoms. The molecule has 1 atom stereocenters. The molecule has 0 bridgehead atoms. The Balaban J connectivity index is 1.59. The second-order valence-corrected chi connectivity index (χ2v) is 9.06. The summed E-state index contributed by atoms with van der Waals surface area (Å²) < 4.78 is 19.7. The van der Waals surface area contributed by atoms with Crippen molar-refractivity contribution in [1.29, 1.82) is 0 Å². The highest BCUT2D eigenvalue weighted by molar-refractivity contribution is 5.60. The van der Waals surface area contributed by atoms with Crippen LogP contribution in [0.5, 0.6) is 5.75 Å². The number of nitrogen functional groups attached to an aromatic ring is 1. The molecule has 2 heterocycles. The van der Waals surface area contributed by atoms with Crippen LogP contribution in [-0.2, 0) is 0 Å². The van der Waals surface area contributed by atoms with Gasteiger partial charge in [0.15, 0.2) is 11.6 Å². The fraction of sp³-hybridized carbons (Fsp3) is 0.625. The van der Waals surface area contributed by atoms with Crippen LogP contribution in [0.25, 0.3) is 0 Å². The number of benzene rings is 1. The number of nitrogens with zero attached hydrogens (tertiary/aromatic N) is 5. The Labute approximate surface area is 195 Å². The average molecular weight is 458 g/mol. The van der Waals surface area contributed by atoms with E-state index in [0.29, 0.717) is 36.1 Å². The second kappa shape index (κ2) is 11.0. The summed E-state index contributed by atoms with van der Waals surface area (Å²) in [7, 11) is 1.46. The van der Waals surface area contributed by atoms with Crippen molar-refractivity contribution in [1.82, 2.24) is 19.9 Å². The van der Waals surface area contributed by atoms with E-state index in [1.807, 2.05) is 11.0 Å². The predicted molar refractivity (Wildman–Crippen MR) is 130 cm³/mol. The fourth-order valence-corrected chi connectivity index (χ4v) is 5.09. The van der Waals surface area contributed by atoms with E-state index >= 15 is 0 Å². The lowest BCUT2D eigenvalue weighted by molar-refractivity contribution is 0.277. The molecule has 8 nitrogen and oxygen atoms in total. The molecular formula is C24H36FN7O. The van der Waals surface area contributed by atoms with Gasteiger partial charge in [0.2, 0.25) is 17.8 Å². The Morgan fingerprint density at radius 3 is 2.70 bits per heavy atom. The zero-order chi connectivity index (χ0) is 23.2. The molecule has 3 N–H and O–H groups in total. The minimum atomic E-state index is -0.412. The summed E-state index contributed by atoms with van der Waals surface area (Å²) in [4.78, 5) is 17.9. The third-order valence-corrected chi connectivity index (χ3v) is 6.90. The first kappa shape index (κ1) is 23.5. The van der Waals surface area contributed by atoms with Gasteiger partial charge in [0, 0.05) is 30.9 Å². The van der Waals surface area contributed by atoms with Crippen LogP contribution in [0.3, 0.4) is 0 Å². The highest BCUT2D eigenvalue weighted by Crippen LogP contribution is 2.32. The highest BCUT2D eigenvalue weighted by atomic mass is 19.1. The lowest BCUT2D eigenvalue weighted by Gasteiger charge is -2.30. The van der Waals surface area contributed by atoms with Crippen LogP contribution in [0.15, 0.2) is 18.2 Å². The maximum Gasteiger partial charge on any atom is 0.236 e. The van der Waals surface area contributed by atoms with Crippen molar-refractivity contribution in [3.8, 4) is 5.75 Å². The number of hydrogen-bond donors (Lipinski definition) is 2. The number of nitrogens with one attached hydrogen (secondary N) is 1. The van der Waals surface area contributed by atoms with E-state index in [2.05, 4.69) is 27.1 Å². The lowest BCUT2D eigenvalue weighted by Crippen LogP contribution is -2.35. The fourth-order valence-electron chi connectivity index (χ4n) is 5.09. The number of ether oxygens (including phenoxy) is 1. The monoisotopic (exact) mass is 457 g/mol. The van der Waals surface area contributed by atoms with E-state index in [1.165, 1.54) is 38.9 Å². The van der Waals surface area contributed by atoms with Crippen molar-refractivity contribution in [2.45, 2.75) is 57.9 Å². The average Bonchev–Trinajstić information content (AvgIpc) is 3.29. The van der Waals surface area contributed by atoms with Crippen LogP contribution in [0.4, 0.5) is 27.9 Å². The van der Waals surface area contributed by atoms with Gasteiger partial charge >= 0.3 is 0 Å². The topological polar surface area (TPSA) is 92.4 Å². The Morgan fingerprint density at radius 1 is 1.15 bits per heavy atom. The van der Waals surface area contributed by atoms with Crippen molar-refractivity contribution in [3.05, 3.63) is 24.0 Å². The minimum Gasteiger partial charge on any atom is -0.494 e. The molecule has 2 aromatic rings. The summed E-state index contributed by atoms with van der Waals surface area (Å²) >= 11 is 0. The molecule has 1 aliphatic carbocycles. The number of likely N-dealkylation sites (tertiary alicyclic amines) is 1. The van der Waals surface area contributed by atoms with Crippen molar-refractivity contribution >= 4 is 23.5 Å². The van der Waals surface area contributed by atoms with E-state index in [9.17, 15) is 4.39 Å². The van der Waals surface area contributed by atoms with Gasteiger partial charge in [-0.05, 0) is 56.8 Å². The molecule has 1 saturated heterocycles. The molecule has 2 fully saturated rings. The smallest absolute Gasteiger partial charge is 0.236 e. The third-order valence-electron chi connectivity index (χ3n) is 6.90. The molecule has 180 valence electrons. The molecule has 2 aliphatic rings. The Hall–Kier alpha value is -2.68. The van der Waals surface area contributed by atoms with Crippen LogP contribution in [0.2, 0.25) is 0 Å². The van der Waals surface area contributed by atoms with E-state index < -0.39 is 5.82 Å². The highest BCUT2D eigenvalue weighted by Gasteiger charge is 2.25. The van der Waals surface area contributed by atoms with Gasteiger partial charge in [0.05, 0.1) is 7.11 Å². The Morgan fingerprint density at radius 2 is 1.97 bits per heavy atom. The second-order valence-electron chi connectivity index (χ2n) is 9.06. The number of aromatic nitrogens is 3. The van der Waals surface area contributed by atoms with Crippen LogP contribution in [-0.4, -0.2) is 59.2 Å². The van der Waals surface area contributed by atoms with Gasteiger partial charge in [-0.1, -0.05) is 26.2 Å². The van der Waals surface area contributed by atoms with Crippen molar-refractivity contribution in [2.75, 3.05) is 49.2 Å². The molecule has 1 aromatic heterocycles. The summed E-state index contributed by atoms with van der Waals surface area (Å²) in [5.74, 6) is 1.36. The Kier molecular flexibility index (Phi) is 7.80. The quantitative estimate of drug-likeness (QED) is 0.578. The predicted octanol–water partition coefficient (Wildman–Crippen LogP) is 4.22. The third kappa shape index (κ3) is 5.82. The largest absolute Gasteiger partial charge is 0.494 e. The zero-order valence-corrected chi connectivity index (χ0v) is 19.8. The molecule has 1 aliphatic heterocycles. The minimum absolute atomic E-state index is 0.156. The summed E-state index contributed by atoms with van der Waals surface area (Å²) in [6.45, 7) is 5.83. The number of halogens is 1. The molecule has 33 heavy (non-hydrogen) atoms. The van der Waals surface area contributed by atoms with Crippen molar-refractivity contribution < 1.29 is 9.13 Å². The molecule has 0 amide bonds. The molecule has 1 saturated carbocycles. The van der Waals surface area contributed by atoms with Gasteiger partial charge in [0.25, 0.3) is 0 Å². The first-order valence-electron chi connectivity index (χ1n) is 12.2. The molecular weight excluding hydrogens is 421 g/mol. The maximum atomic E-state index is 14.6. The van der Waals surface area contributed by atoms with E-state index in [1.54, 1.807) is 6.07 Å². The molecule has 0 unspecified atom stereocenters. The van der Waals surface area contributed by atoms with Crippen LogP contribution < -0.4 is 20.7 Å². The first-order chi connectivity index (χ1) is 16.1. The van der Waals surface area contributed by atoms with Crippen LogP contribution in [0, 0.1) is 11.7 Å². The summed E-state index contributed by atoms with van der Waals surface area (Å²) in [6, 6.07) is 5.43. The number of likely N-dealkylation sites (N-methyl/N-ethyl adjacent to an activating group) is 1. The summed E-state index contributed by atoms with van der Waals surface area (Å²) in [6.07, 6.45) is 8.38. The standard InChI is InChI=1S/C24H36FN7O/c1-3-31-13-7-10-19(31)15-27-23-28-22(26)29-24(30-23)32(16-17-8-5-4-6-9-17)18-11-12-21(33-2)20(25)14-18/h11-12,14,17,19H,3-10,13,15-16H2,1-2H3,(H3,26,27,28,29,30)/t19-/m0/s1. The van der Waals surface area contributed by atoms with Crippen LogP contribution >= 0.6 is 0 Å². The van der Waals surface area contributed by atoms with Crippen molar-refractivity contribution in [2.24, 2.45) is 5.92 Å². The summed E-state index contributed by atoms with van der Waals surface area (Å²) in [5.41, 5.74) is 6.77. The number of hydrogen-bond acceptors (Lipinski definition) is 8. The van der Waals surface area contributed by atoms with Gasteiger partial charge < -0.3 is 20.7 Å². The number of anilines is 4. The maximum absolute atomic E-state index is 14.6. The van der Waals surface area contributed by atoms with Crippen molar-refractivity contribution in [3.63, 3.8) is 0 Å². The molecule has 4 rings (SSSR count). The zero-order valence-electron chi connectivity index (χ0n) is 19.8. The molecule has 1 aromatic carbocycles. The SMILES string of the molecule is CCN1CCC[C@H]1CNc1nc(N)nc(N(CC2CCCCC2)c2ccc(OC)c(F)c2)n1. The van der Waals surface area contributed by atoms with E-state index in [0.717, 1.165) is 38.9 Å². The van der Waals surface area contributed by atoms with Gasteiger partial charge in [-0.3, -0.25) is 4.90 Å².